The average molecular weight is 231 g/mol. The van der Waals surface area contributed by atoms with E-state index >= 15 is 0 Å². The van der Waals surface area contributed by atoms with Crippen LogP contribution in [0, 0.1) is 5.92 Å². The van der Waals surface area contributed by atoms with Gasteiger partial charge in [-0.05, 0) is 6.92 Å². The molecule has 1 saturated heterocycles. The summed E-state index contributed by atoms with van der Waals surface area (Å²) in [5, 5.41) is 0. The Bertz CT molecular complexity index is 207. The maximum atomic E-state index is 11.4. The average Bonchev–Trinajstić information content (AvgIpc) is 2.13. The Balaban J connectivity index is 2.96. The number of halogens is 3. The van der Waals surface area contributed by atoms with E-state index in [-0.39, 0.29) is 17.9 Å². The Labute approximate surface area is 86.8 Å². The summed E-state index contributed by atoms with van der Waals surface area (Å²) in [5.74, 6) is -0.159. The zero-order valence-corrected chi connectivity index (χ0v) is 9.12. The fourth-order valence-electron chi connectivity index (χ4n) is 1.38. The molecule has 1 aliphatic heterocycles. The SMILES string of the molecule is C[C@@H]1[C@@H](CCl)C(Cl)(Cl)C(=O)N1C. The molecule has 0 aromatic heterocycles. The van der Waals surface area contributed by atoms with Crippen LogP contribution in [-0.4, -0.2) is 34.1 Å². The van der Waals surface area contributed by atoms with Crippen molar-refractivity contribution in [3.8, 4) is 0 Å². The van der Waals surface area contributed by atoms with Gasteiger partial charge in [0.2, 0.25) is 4.33 Å². The number of hydrogen-bond donors (Lipinski definition) is 0. The highest BCUT2D eigenvalue weighted by atomic mass is 35.5. The van der Waals surface area contributed by atoms with Crippen LogP contribution in [0.2, 0.25) is 0 Å². The van der Waals surface area contributed by atoms with Crippen LogP contribution in [0.25, 0.3) is 0 Å². The van der Waals surface area contributed by atoms with Gasteiger partial charge in [0.25, 0.3) is 5.91 Å². The van der Waals surface area contributed by atoms with Crippen LogP contribution < -0.4 is 0 Å². The first-order valence-corrected chi connectivity index (χ1v) is 4.93. The summed E-state index contributed by atoms with van der Waals surface area (Å²) in [7, 11) is 1.68. The number of likely N-dealkylation sites (tertiary alicyclic amines) is 1. The quantitative estimate of drug-likeness (QED) is 0.630. The van der Waals surface area contributed by atoms with E-state index in [0.717, 1.165) is 0 Å². The van der Waals surface area contributed by atoms with Crippen molar-refractivity contribution in [3.63, 3.8) is 0 Å². The Morgan fingerprint density at radius 2 is 2.08 bits per heavy atom. The van der Waals surface area contributed by atoms with Crippen molar-refractivity contribution in [2.75, 3.05) is 12.9 Å². The fraction of sp³-hybridized carbons (Fsp3) is 0.857. The zero-order chi connectivity index (χ0) is 9.52. The lowest BCUT2D eigenvalue weighted by Crippen LogP contribution is -2.31. The molecule has 0 spiro atoms. The molecule has 5 heteroatoms. The first-order valence-electron chi connectivity index (χ1n) is 3.64. The molecule has 0 radical (unpaired) electrons. The van der Waals surface area contributed by atoms with Gasteiger partial charge >= 0.3 is 0 Å². The number of hydrogen-bond acceptors (Lipinski definition) is 1. The van der Waals surface area contributed by atoms with E-state index in [1.54, 1.807) is 7.05 Å². The Morgan fingerprint density at radius 1 is 1.58 bits per heavy atom. The molecule has 12 heavy (non-hydrogen) atoms. The van der Waals surface area contributed by atoms with E-state index in [1.807, 2.05) is 6.92 Å². The minimum atomic E-state index is -1.34. The van der Waals surface area contributed by atoms with Crippen LogP contribution in [0.1, 0.15) is 6.92 Å². The minimum absolute atomic E-state index is 0.00463. The van der Waals surface area contributed by atoms with Gasteiger partial charge in [0, 0.05) is 24.9 Å². The van der Waals surface area contributed by atoms with Crippen LogP contribution in [-0.2, 0) is 4.79 Å². The molecular formula is C7H10Cl3NO. The van der Waals surface area contributed by atoms with E-state index in [2.05, 4.69) is 0 Å². The van der Waals surface area contributed by atoms with E-state index in [1.165, 1.54) is 4.90 Å². The van der Waals surface area contributed by atoms with Crippen LogP contribution in [0.15, 0.2) is 0 Å². The fourth-order valence-corrected chi connectivity index (χ4v) is 2.81. The Kier molecular flexibility index (Phi) is 2.81. The van der Waals surface area contributed by atoms with E-state index in [0.29, 0.717) is 5.88 Å². The summed E-state index contributed by atoms with van der Waals surface area (Å²) < 4.78 is -1.34. The minimum Gasteiger partial charge on any atom is -0.340 e. The van der Waals surface area contributed by atoms with Gasteiger partial charge in [-0.2, -0.15) is 0 Å². The van der Waals surface area contributed by atoms with E-state index < -0.39 is 4.33 Å². The predicted octanol–water partition coefficient (Wildman–Crippen LogP) is 1.88. The number of nitrogens with zero attached hydrogens (tertiary/aromatic N) is 1. The standard InChI is InChI=1S/C7H10Cl3NO/c1-4-5(3-8)7(9,10)6(12)11(4)2/h4-5H,3H2,1-2H3/t4-,5-/m1/s1. The lowest BCUT2D eigenvalue weighted by Gasteiger charge is -2.19. The van der Waals surface area contributed by atoms with Crippen LogP contribution in [0.4, 0.5) is 0 Å². The van der Waals surface area contributed by atoms with Gasteiger partial charge in [0.05, 0.1) is 0 Å². The summed E-state index contributed by atoms with van der Waals surface area (Å²) in [4.78, 5) is 12.9. The monoisotopic (exact) mass is 229 g/mol. The smallest absolute Gasteiger partial charge is 0.259 e. The van der Waals surface area contributed by atoms with Gasteiger partial charge in [0.1, 0.15) is 0 Å². The van der Waals surface area contributed by atoms with Crippen molar-refractivity contribution >= 4 is 40.7 Å². The maximum absolute atomic E-state index is 11.4. The molecule has 0 saturated carbocycles. The highest BCUT2D eigenvalue weighted by Gasteiger charge is 2.54. The van der Waals surface area contributed by atoms with E-state index in [9.17, 15) is 4.79 Å². The summed E-state index contributed by atoms with van der Waals surface area (Å²) in [5.41, 5.74) is 0. The highest BCUT2D eigenvalue weighted by Crippen LogP contribution is 2.42. The normalized spacial score (nSPS) is 34.4. The number of alkyl halides is 3. The number of rotatable bonds is 1. The van der Waals surface area contributed by atoms with Crippen molar-refractivity contribution in [2.24, 2.45) is 5.92 Å². The molecule has 1 rings (SSSR count). The summed E-state index contributed by atoms with van der Waals surface area (Å²) in [6.07, 6.45) is 0. The molecule has 1 amide bonds. The predicted molar refractivity (Wildman–Crippen MR) is 50.9 cm³/mol. The van der Waals surface area contributed by atoms with Gasteiger partial charge in [-0.25, -0.2) is 0 Å². The number of carbonyl (C=O) groups is 1. The number of amides is 1. The van der Waals surface area contributed by atoms with Crippen molar-refractivity contribution in [2.45, 2.75) is 17.3 Å². The number of carbonyl (C=O) groups excluding carboxylic acids is 1. The summed E-state index contributed by atoms with van der Waals surface area (Å²) in [6.45, 7) is 1.89. The molecule has 0 aliphatic carbocycles. The second kappa shape index (κ2) is 3.24. The first-order chi connectivity index (χ1) is 5.42. The Morgan fingerprint density at radius 3 is 2.25 bits per heavy atom. The van der Waals surface area contributed by atoms with Gasteiger partial charge in [0.15, 0.2) is 0 Å². The molecule has 0 bridgehead atoms. The van der Waals surface area contributed by atoms with Gasteiger partial charge in [-0.15, -0.1) is 11.6 Å². The second-order valence-corrected chi connectivity index (χ2v) is 4.73. The molecular weight excluding hydrogens is 220 g/mol. The summed E-state index contributed by atoms with van der Waals surface area (Å²) in [6, 6.07) is 0.00463. The van der Waals surface area contributed by atoms with Crippen molar-refractivity contribution in [1.29, 1.82) is 0 Å². The topological polar surface area (TPSA) is 20.3 Å². The van der Waals surface area contributed by atoms with Crippen molar-refractivity contribution in [1.82, 2.24) is 4.90 Å². The third-order valence-electron chi connectivity index (χ3n) is 2.43. The molecule has 2 nitrogen and oxygen atoms in total. The zero-order valence-electron chi connectivity index (χ0n) is 6.85. The Hall–Kier alpha value is 0.340. The molecule has 1 heterocycles. The largest absolute Gasteiger partial charge is 0.340 e. The molecule has 0 aromatic rings. The van der Waals surface area contributed by atoms with Gasteiger partial charge < -0.3 is 4.90 Å². The van der Waals surface area contributed by atoms with Gasteiger partial charge in [-0.3, -0.25) is 4.79 Å². The third kappa shape index (κ3) is 1.30. The van der Waals surface area contributed by atoms with Crippen molar-refractivity contribution in [3.05, 3.63) is 0 Å². The molecule has 0 unspecified atom stereocenters. The molecule has 70 valence electrons. The molecule has 0 N–H and O–H groups in total. The molecule has 0 aromatic carbocycles. The third-order valence-corrected chi connectivity index (χ3v) is 3.65. The lowest BCUT2D eigenvalue weighted by atomic mass is 10.0. The lowest BCUT2D eigenvalue weighted by molar-refractivity contribution is -0.128. The molecule has 1 aliphatic rings. The van der Waals surface area contributed by atoms with Crippen molar-refractivity contribution < 1.29 is 4.79 Å². The van der Waals surface area contributed by atoms with Crippen LogP contribution >= 0.6 is 34.8 Å². The highest BCUT2D eigenvalue weighted by molar-refractivity contribution is 6.59. The first kappa shape index (κ1) is 10.4. The van der Waals surface area contributed by atoms with Gasteiger partial charge in [-0.1, -0.05) is 23.2 Å². The maximum Gasteiger partial charge on any atom is 0.259 e. The summed E-state index contributed by atoms with van der Waals surface area (Å²) >= 11 is 17.4. The van der Waals surface area contributed by atoms with Crippen LogP contribution in [0.5, 0.6) is 0 Å². The van der Waals surface area contributed by atoms with Crippen LogP contribution in [0.3, 0.4) is 0 Å². The molecule has 2 atom stereocenters. The molecule has 1 fully saturated rings. The van der Waals surface area contributed by atoms with E-state index in [4.69, 9.17) is 34.8 Å². The second-order valence-electron chi connectivity index (χ2n) is 3.04.